The number of hydrogen-bond acceptors (Lipinski definition) is 3. The van der Waals surface area contributed by atoms with E-state index in [0.29, 0.717) is 22.3 Å². The number of phenolic OH excluding ortho intramolecular Hbond substituents is 1. The van der Waals surface area contributed by atoms with Crippen molar-refractivity contribution in [2.24, 2.45) is 0 Å². The first-order valence-electron chi connectivity index (χ1n) is 5.98. The average molecular weight is 742 g/mol. The monoisotopic (exact) mass is 742 g/mol. The molecule has 7 heteroatoms. The van der Waals surface area contributed by atoms with Crippen LogP contribution in [0.5, 0.6) is 5.75 Å². The van der Waals surface area contributed by atoms with Crippen molar-refractivity contribution < 1.29 is 9.52 Å². The van der Waals surface area contributed by atoms with E-state index in [9.17, 15) is 9.90 Å². The number of hydrogen-bond donors (Lipinski definition) is 1. The van der Waals surface area contributed by atoms with E-state index in [4.69, 9.17) is 4.42 Å². The Hall–Kier alpha value is 0.370. The highest BCUT2D eigenvalue weighted by molar-refractivity contribution is 14.1. The van der Waals surface area contributed by atoms with Gasteiger partial charge in [0.25, 0.3) is 0 Å². The lowest BCUT2D eigenvalue weighted by atomic mass is 10.1. The van der Waals surface area contributed by atoms with E-state index in [1.54, 1.807) is 0 Å². The first-order valence-corrected chi connectivity index (χ1v) is 10.3. The molecule has 112 valence electrons. The van der Waals surface area contributed by atoms with Crippen LogP contribution in [0.25, 0.3) is 22.3 Å². The summed E-state index contributed by atoms with van der Waals surface area (Å²) in [7, 11) is 0. The molecule has 2 aromatic carbocycles. The topological polar surface area (TPSA) is 50.4 Å². The van der Waals surface area contributed by atoms with Gasteiger partial charge in [0.15, 0.2) is 11.0 Å². The number of halogens is 4. The second-order valence-corrected chi connectivity index (χ2v) is 9.34. The first kappa shape index (κ1) is 17.2. The maximum absolute atomic E-state index is 12.4. The number of fused-ring (bicyclic) bond motifs is 1. The summed E-state index contributed by atoms with van der Waals surface area (Å²) in [6.45, 7) is 0. The summed E-state index contributed by atoms with van der Waals surface area (Å²) in [6.07, 6.45) is 0. The number of phenols is 1. The molecule has 0 saturated heterocycles. The first-order chi connectivity index (χ1) is 10.4. The van der Waals surface area contributed by atoms with Gasteiger partial charge in [-0.1, -0.05) is 0 Å². The summed E-state index contributed by atoms with van der Waals surface area (Å²) in [4.78, 5) is 12.4. The van der Waals surface area contributed by atoms with E-state index in [1.807, 2.05) is 24.3 Å². The quantitative estimate of drug-likeness (QED) is 0.332. The molecule has 0 aliphatic heterocycles. The third kappa shape index (κ3) is 3.27. The van der Waals surface area contributed by atoms with Crippen molar-refractivity contribution in [2.75, 3.05) is 0 Å². The minimum atomic E-state index is -0.110. The van der Waals surface area contributed by atoms with Gasteiger partial charge in [-0.15, -0.1) is 0 Å². The lowest BCUT2D eigenvalue weighted by Gasteiger charge is -2.09. The highest BCUT2D eigenvalue weighted by Gasteiger charge is 2.15. The summed E-state index contributed by atoms with van der Waals surface area (Å²) < 4.78 is 9.48. The van der Waals surface area contributed by atoms with Gasteiger partial charge in [-0.3, -0.25) is 4.79 Å². The Bertz CT molecular complexity index is 963. The molecule has 0 saturated carbocycles. The van der Waals surface area contributed by atoms with E-state index in [0.717, 1.165) is 14.3 Å². The normalized spacial score (nSPS) is 11.1. The number of aromatic hydroxyl groups is 1. The molecule has 1 N–H and O–H groups in total. The van der Waals surface area contributed by atoms with E-state index in [-0.39, 0.29) is 11.2 Å². The molecule has 22 heavy (non-hydrogen) atoms. The fourth-order valence-electron chi connectivity index (χ4n) is 2.07. The SMILES string of the molecule is O=c1cc(-c2cc(I)cc(I)c2O)oc2c(I)cc(I)cc12. The number of benzene rings is 2. The molecule has 0 aliphatic rings. The highest BCUT2D eigenvalue weighted by atomic mass is 127. The van der Waals surface area contributed by atoms with E-state index >= 15 is 0 Å². The molecule has 3 nitrogen and oxygen atoms in total. The number of rotatable bonds is 1. The molecule has 0 spiro atoms. The second kappa shape index (κ2) is 6.70. The second-order valence-electron chi connectivity index (χ2n) is 4.52. The summed E-state index contributed by atoms with van der Waals surface area (Å²) in [5.41, 5.74) is 0.974. The standard InChI is InChI=1S/C15H6I4O3/c16-6-1-8-12(20)5-13(22-15(8)11(19)4-6)9-2-7(17)3-10(18)14(9)21/h1-5,21H. The largest absolute Gasteiger partial charge is 0.506 e. The van der Waals surface area contributed by atoms with Gasteiger partial charge in [0.2, 0.25) is 0 Å². The van der Waals surface area contributed by atoms with Crippen molar-refractivity contribution in [3.63, 3.8) is 0 Å². The van der Waals surface area contributed by atoms with Crippen LogP contribution in [0.3, 0.4) is 0 Å². The molecule has 0 bridgehead atoms. The molecule has 1 aromatic heterocycles. The lowest BCUT2D eigenvalue weighted by molar-refractivity contribution is 0.470. The minimum Gasteiger partial charge on any atom is -0.506 e. The third-order valence-corrected chi connectivity index (χ3v) is 5.91. The predicted octanol–water partition coefficient (Wildman–Crippen LogP) is 5.58. The molecule has 0 fully saturated rings. The minimum absolute atomic E-state index is 0.110. The van der Waals surface area contributed by atoms with Crippen LogP contribution < -0.4 is 5.43 Å². The van der Waals surface area contributed by atoms with Gasteiger partial charge in [0.05, 0.1) is 18.1 Å². The van der Waals surface area contributed by atoms with Crippen LogP contribution in [0.1, 0.15) is 0 Å². The fraction of sp³-hybridized carbons (Fsp3) is 0. The van der Waals surface area contributed by atoms with Crippen molar-refractivity contribution in [3.05, 3.63) is 54.8 Å². The van der Waals surface area contributed by atoms with Gasteiger partial charge >= 0.3 is 0 Å². The van der Waals surface area contributed by atoms with Crippen molar-refractivity contribution in [2.45, 2.75) is 0 Å². The van der Waals surface area contributed by atoms with Gasteiger partial charge in [-0.2, -0.15) is 0 Å². The fourth-order valence-corrected chi connectivity index (χ4v) is 5.87. The van der Waals surface area contributed by atoms with Crippen LogP contribution in [0.2, 0.25) is 0 Å². The van der Waals surface area contributed by atoms with Crippen LogP contribution in [0.4, 0.5) is 0 Å². The van der Waals surface area contributed by atoms with E-state index in [1.165, 1.54) is 6.07 Å². The zero-order valence-corrected chi connectivity index (χ0v) is 19.3. The average Bonchev–Trinajstić information content (AvgIpc) is 2.43. The summed E-state index contributed by atoms with van der Waals surface area (Å²) in [5, 5.41) is 10.8. The highest BCUT2D eigenvalue weighted by Crippen LogP contribution is 2.36. The van der Waals surface area contributed by atoms with Crippen LogP contribution in [-0.2, 0) is 0 Å². The van der Waals surface area contributed by atoms with E-state index < -0.39 is 0 Å². The maximum Gasteiger partial charge on any atom is 0.193 e. The molecule has 0 aliphatic carbocycles. The summed E-state index contributed by atoms with van der Waals surface area (Å²) in [6, 6.07) is 8.88. The molecule has 3 rings (SSSR count). The zero-order chi connectivity index (χ0) is 16.0. The molecule has 1 heterocycles. The maximum atomic E-state index is 12.4. The van der Waals surface area contributed by atoms with Crippen molar-refractivity contribution in [1.29, 1.82) is 0 Å². The van der Waals surface area contributed by atoms with Gasteiger partial charge in [-0.25, -0.2) is 0 Å². The molecule has 0 atom stereocenters. The van der Waals surface area contributed by atoms with E-state index in [2.05, 4.69) is 90.4 Å². The Kier molecular flexibility index (Phi) is 5.24. The predicted molar refractivity (Wildman–Crippen MR) is 120 cm³/mol. The Morgan fingerprint density at radius 3 is 2.23 bits per heavy atom. The Labute approximate surface area is 180 Å². The third-order valence-electron chi connectivity index (χ3n) is 3.04. The molecule has 0 radical (unpaired) electrons. The zero-order valence-electron chi connectivity index (χ0n) is 10.7. The molecular weight excluding hydrogens is 736 g/mol. The molecule has 0 amide bonds. The Morgan fingerprint density at radius 1 is 0.864 bits per heavy atom. The summed E-state index contributed by atoms with van der Waals surface area (Å²) in [5.74, 6) is 0.509. The van der Waals surface area contributed by atoms with Crippen molar-refractivity contribution in [1.82, 2.24) is 0 Å². The van der Waals surface area contributed by atoms with Gasteiger partial charge < -0.3 is 9.52 Å². The molecule has 0 unspecified atom stereocenters. The Balaban J connectivity index is 2.37. The Morgan fingerprint density at radius 2 is 1.50 bits per heavy atom. The van der Waals surface area contributed by atoms with Crippen molar-refractivity contribution >= 4 is 101 Å². The smallest absolute Gasteiger partial charge is 0.193 e. The van der Waals surface area contributed by atoms with Crippen LogP contribution in [0, 0.1) is 14.3 Å². The van der Waals surface area contributed by atoms with Crippen LogP contribution >= 0.6 is 90.4 Å². The van der Waals surface area contributed by atoms with Crippen LogP contribution in [0.15, 0.2) is 39.5 Å². The van der Waals surface area contributed by atoms with Crippen molar-refractivity contribution in [3.8, 4) is 17.1 Å². The lowest BCUT2D eigenvalue weighted by Crippen LogP contribution is -2.02. The van der Waals surface area contributed by atoms with Crippen LogP contribution in [-0.4, -0.2) is 5.11 Å². The molecular formula is C15H6I4O3. The summed E-state index contributed by atoms with van der Waals surface area (Å²) >= 11 is 8.57. The van der Waals surface area contributed by atoms with Gasteiger partial charge in [0.1, 0.15) is 11.5 Å². The van der Waals surface area contributed by atoms with Gasteiger partial charge in [-0.05, 0) is 115 Å². The molecule has 3 aromatic rings. The van der Waals surface area contributed by atoms with Gasteiger partial charge in [0, 0.05) is 13.2 Å².